The van der Waals surface area contributed by atoms with Crippen LogP contribution in [0.3, 0.4) is 0 Å². The largest absolute Gasteiger partial charge is 0.448 e. The molecule has 1 fully saturated rings. The Morgan fingerprint density at radius 1 is 1.20 bits per heavy atom. The molecule has 3 N–H and O–H groups in total. The Hall–Kier alpha value is -2.54. The Labute approximate surface area is 145 Å². The number of carbonyl (C=O) groups excluding carboxylic acids is 1. The van der Waals surface area contributed by atoms with Crippen LogP contribution < -0.4 is 20.1 Å². The van der Waals surface area contributed by atoms with Crippen LogP contribution in [0.25, 0.3) is 0 Å². The molecule has 2 aliphatic heterocycles. The summed E-state index contributed by atoms with van der Waals surface area (Å²) in [5, 5.41) is 13.4. The summed E-state index contributed by atoms with van der Waals surface area (Å²) in [7, 11) is 0. The molecule has 1 aromatic heterocycles. The number of benzene rings is 1. The lowest BCUT2D eigenvalue weighted by molar-refractivity contribution is -0.0716. The highest BCUT2D eigenvalue weighted by atomic mass is 16.7. The third-order valence-corrected chi connectivity index (χ3v) is 5.18. The van der Waals surface area contributed by atoms with E-state index in [-0.39, 0.29) is 5.91 Å². The summed E-state index contributed by atoms with van der Waals surface area (Å²) in [6, 6.07) is 5.53. The number of fused-ring (bicyclic) bond motifs is 2. The van der Waals surface area contributed by atoms with Gasteiger partial charge >= 0.3 is 0 Å². The first-order valence-electron chi connectivity index (χ1n) is 8.83. The fourth-order valence-corrected chi connectivity index (χ4v) is 3.89. The summed E-state index contributed by atoms with van der Waals surface area (Å²) in [6.45, 7) is 1.57. The smallest absolute Gasteiger partial charge is 0.276 e. The molecule has 25 heavy (non-hydrogen) atoms. The maximum Gasteiger partial charge on any atom is 0.276 e. The van der Waals surface area contributed by atoms with Crippen LogP contribution in [0.15, 0.2) is 18.2 Å². The summed E-state index contributed by atoms with van der Waals surface area (Å²) in [4.78, 5) is 12.6. The fraction of sp³-hybridized carbons (Fsp3) is 0.444. The first kappa shape index (κ1) is 14.8. The van der Waals surface area contributed by atoms with E-state index in [2.05, 4.69) is 20.8 Å². The van der Waals surface area contributed by atoms with E-state index in [1.807, 2.05) is 18.2 Å². The molecule has 0 bridgehead atoms. The number of nitrogens with zero attached hydrogens (tertiary/aromatic N) is 1. The number of ether oxygens (including phenoxy) is 2. The first-order chi connectivity index (χ1) is 12.2. The molecule has 0 saturated heterocycles. The van der Waals surface area contributed by atoms with Crippen LogP contribution in [0, 0.1) is 0 Å². The van der Waals surface area contributed by atoms with Crippen molar-refractivity contribution in [2.75, 3.05) is 11.9 Å². The molecule has 0 unspecified atom stereocenters. The second kappa shape index (κ2) is 5.49. The van der Waals surface area contributed by atoms with Gasteiger partial charge in [-0.05, 0) is 25.0 Å². The molecule has 0 radical (unpaired) electrons. The Kier molecular flexibility index (Phi) is 3.24. The Bertz CT molecular complexity index is 839. The van der Waals surface area contributed by atoms with E-state index in [0.29, 0.717) is 23.7 Å². The quantitative estimate of drug-likeness (QED) is 0.781. The van der Waals surface area contributed by atoms with Gasteiger partial charge in [0.15, 0.2) is 17.2 Å². The molecule has 1 amide bonds. The van der Waals surface area contributed by atoms with E-state index >= 15 is 0 Å². The number of aromatic amines is 1. The van der Waals surface area contributed by atoms with Crippen molar-refractivity contribution < 1.29 is 14.3 Å². The Morgan fingerprint density at radius 3 is 2.92 bits per heavy atom. The van der Waals surface area contributed by atoms with Gasteiger partial charge in [0.05, 0.1) is 0 Å². The normalized spacial score (nSPS) is 19.8. The molecule has 2 aromatic rings. The van der Waals surface area contributed by atoms with Gasteiger partial charge in [0.1, 0.15) is 0 Å². The van der Waals surface area contributed by atoms with Gasteiger partial charge in [-0.15, -0.1) is 0 Å². The van der Waals surface area contributed by atoms with Crippen LogP contribution in [0.4, 0.5) is 5.69 Å². The highest BCUT2D eigenvalue weighted by Gasteiger charge is 2.44. The van der Waals surface area contributed by atoms with Crippen LogP contribution in [0.1, 0.15) is 47.4 Å². The minimum absolute atomic E-state index is 0.212. The average Bonchev–Trinajstić information content (AvgIpc) is 3.32. The van der Waals surface area contributed by atoms with E-state index in [0.717, 1.165) is 55.7 Å². The SMILES string of the molecule is O=C(Nc1ccc2c(c1)OC1(CCCC1)O2)c1n[nH]c2c1CNCC2. The Balaban J connectivity index is 1.36. The maximum atomic E-state index is 12.6. The summed E-state index contributed by atoms with van der Waals surface area (Å²) in [5.41, 5.74) is 3.13. The van der Waals surface area contributed by atoms with Crippen molar-refractivity contribution in [3.63, 3.8) is 0 Å². The van der Waals surface area contributed by atoms with Crippen LogP contribution in [0.5, 0.6) is 11.5 Å². The van der Waals surface area contributed by atoms with Gasteiger partial charge in [0.2, 0.25) is 0 Å². The minimum Gasteiger partial charge on any atom is -0.448 e. The number of H-pyrrole nitrogens is 1. The number of hydrogen-bond acceptors (Lipinski definition) is 5. The van der Waals surface area contributed by atoms with Gasteiger partial charge in [0, 0.05) is 55.4 Å². The number of carbonyl (C=O) groups is 1. The molecule has 1 spiro atoms. The molecular weight excluding hydrogens is 320 g/mol. The number of anilines is 1. The lowest BCUT2D eigenvalue weighted by atomic mass is 10.1. The molecule has 7 heteroatoms. The van der Waals surface area contributed by atoms with Gasteiger partial charge in [-0.1, -0.05) is 0 Å². The summed E-state index contributed by atoms with van der Waals surface area (Å²) < 4.78 is 12.1. The van der Waals surface area contributed by atoms with Gasteiger partial charge in [-0.3, -0.25) is 9.89 Å². The fourth-order valence-electron chi connectivity index (χ4n) is 3.89. The van der Waals surface area contributed by atoms with Gasteiger partial charge in [-0.2, -0.15) is 5.10 Å². The average molecular weight is 340 g/mol. The molecule has 7 nitrogen and oxygen atoms in total. The monoisotopic (exact) mass is 340 g/mol. The summed E-state index contributed by atoms with van der Waals surface area (Å²) >= 11 is 0. The van der Waals surface area contributed by atoms with Crippen molar-refractivity contribution in [3.05, 3.63) is 35.2 Å². The summed E-state index contributed by atoms with van der Waals surface area (Å²) in [5.74, 6) is 0.750. The Morgan fingerprint density at radius 2 is 2.04 bits per heavy atom. The van der Waals surface area contributed by atoms with Crippen molar-refractivity contribution in [1.29, 1.82) is 0 Å². The van der Waals surface area contributed by atoms with Gasteiger partial charge in [-0.25, -0.2) is 0 Å². The van der Waals surface area contributed by atoms with Gasteiger partial charge < -0.3 is 20.1 Å². The molecular formula is C18H20N4O3. The second-order valence-electron chi connectivity index (χ2n) is 6.89. The highest BCUT2D eigenvalue weighted by Crippen LogP contribution is 2.47. The molecule has 5 rings (SSSR count). The molecule has 3 heterocycles. The molecule has 0 atom stereocenters. The predicted octanol–water partition coefficient (Wildman–Crippen LogP) is 2.35. The van der Waals surface area contributed by atoms with E-state index in [1.165, 1.54) is 0 Å². The lowest BCUT2D eigenvalue weighted by Crippen LogP contribution is -2.34. The minimum atomic E-state index is -0.488. The lowest BCUT2D eigenvalue weighted by Gasteiger charge is -2.21. The van der Waals surface area contributed by atoms with Crippen molar-refractivity contribution in [3.8, 4) is 11.5 Å². The molecule has 1 aliphatic carbocycles. The van der Waals surface area contributed by atoms with Crippen molar-refractivity contribution >= 4 is 11.6 Å². The van der Waals surface area contributed by atoms with Crippen molar-refractivity contribution in [2.45, 2.75) is 44.4 Å². The zero-order valence-electron chi connectivity index (χ0n) is 13.9. The predicted molar refractivity (Wildman–Crippen MR) is 90.8 cm³/mol. The third kappa shape index (κ3) is 2.46. The second-order valence-corrected chi connectivity index (χ2v) is 6.89. The van der Waals surface area contributed by atoms with Crippen LogP contribution in [-0.2, 0) is 13.0 Å². The molecule has 1 saturated carbocycles. The van der Waals surface area contributed by atoms with E-state index in [1.54, 1.807) is 0 Å². The number of rotatable bonds is 2. The third-order valence-electron chi connectivity index (χ3n) is 5.18. The number of nitrogens with one attached hydrogen (secondary N) is 3. The number of aromatic nitrogens is 2. The van der Waals surface area contributed by atoms with Gasteiger partial charge in [0.25, 0.3) is 11.7 Å². The number of hydrogen-bond donors (Lipinski definition) is 3. The van der Waals surface area contributed by atoms with E-state index in [4.69, 9.17) is 9.47 Å². The van der Waals surface area contributed by atoms with Crippen LogP contribution in [-0.4, -0.2) is 28.4 Å². The molecule has 130 valence electrons. The first-order valence-corrected chi connectivity index (χ1v) is 8.83. The zero-order valence-corrected chi connectivity index (χ0v) is 13.9. The van der Waals surface area contributed by atoms with Crippen LogP contribution >= 0.6 is 0 Å². The molecule has 3 aliphatic rings. The van der Waals surface area contributed by atoms with Crippen molar-refractivity contribution in [2.24, 2.45) is 0 Å². The zero-order chi connectivity index (χ0) is 16.9. The van der Waals surface area contributed by atoms with Crippen LogP contribution in [0.2, 0.25) is 0 Å². The topological polar surface area (TPSA) is 88.3 Å². The highest BCUT2D eigenvalue weighted by molar-refractivity contribution is 6.04. The standard InChI is InChI=1S/C18H20N4O3/c23-17(16-12-10-19-8-5-13(12)21-22-16)20-11-3-4-14-15(9-11)25-18(24-14)6-1-2-7-18/h3-4,9,19H,1-2,5-8,10H2,(H,20,23)(H,21,22). The van der Waals surface area contributed by atoms with E-state index < -0.39 is 5.79 Å². The number of amides is 1. The van der Waals surface area contributed by atoms with Crippen molar-refractivity contribution in [1.82, 2.24) is 15.5 Å². The summed E-state index contributed by atoms with van der Waals surface area (Å²) in [6.07, 6.45) is 4.93. The van der Waals surface area contributed by atoms with E-state index in [9.17, 15) is 4.79 Å². The molecule has 1 aromatic carbocycles. The maximum absolute atomic E-state index is 12.6.